The van der Waals surface area contributed by atoms with Crippen molar-refractivity contribution in [2.75, 3.05) is 58.6 Å². The number of hydrogen-bond donors (Lipinski definition) is 0. The van der Waals surface area contributed by atoms with Crippen LogP contribution in [0, 0.1) is 0 Å². The molecular formula is C14H28BrNO3. The van der Waals surface area contributed by atoms with Crippen LogP contribution < -0.4 is 0 Å². The van der Waals surface area contributed by atoms with Crippen molar-refractivity contribution in [1.82, 2.24) is 4.90 Å². The van der Waals surface area contributed by atoms with E-state index in [0.717, 1.165) is 24.5 Å². The molecule has 0 aliphatic carbocycles. The summed E-state index contributed by atoms with van der Waals surface area (Å²) in [5, 5.41) is 1.10. The van der Waals surface area contributed by atoms with Crippen LogP contribution in [0.15, 0.2) is 0 Å². The van der Waals surface area contributed by atoms with E-state index >= 15 is 0 Å². The molecule has 1 aliphatic heterocycles. The molecule has 1 atom stereocenters. The summed E-state index contributed by atoms with van der Waals surface area (Å²) in [6, 6.07) is 0.745. The Morgan fingerprint density at radius 2 is 1.79 bits per heavy atom. The second-order valence-corrected chi connectivity index (χ2v) is 5.67. The lowest BCUT2D eigenvalue weighted by atomic mass is 10.0. The molecule has 1 saturated heterocycles. The number of piperidine rings is 1. The maximum atomic E-state index is 5.62. The molecule has 0 aromatic heterocycles. The Kier molecular flexibility index (Phi) is 11.1. The number of likely N-dealkylation sites (tertiary alicyclic amines) is 1. The van der Waals surface area contributed by atoms with Crippen LogP contribution in [0.2, 0.25) is 0 Å². The summed E-state index contributed by atoms with van der Waals surface area (Å²) in [6.07, 6.45) is 5.30. The van der Waals surface area contributed by atoms with Gasteiger partial charge in [0.25, 0.3) is 0 Å². The number of alkyl halides is 1. The molecule has 4 nitrogen and oxygen atoms in total. The molecule has 1 aliphatic rings. The number of nitrogens with zero attached hydrogens (tertiary/aromatic N) is 1. The lowest BCUT2D eigenvalue weighted by molar-refractivity contribution is 0.0136. The summed E-state index contributed by atoms with van der Waals surface area (Å²) in [7, 11) is 1.68. The molecule has 1 heterocycles. The van der Waals surface area contributed by atoms with E-state index in [2.05, 4.69) is 20.8 Å². The molecule has 0 N–H and O–H groups in total. The van der Waals surface area contributed by atoms with Crippen molar-refractivity contribution in [3.05, 3.63) is 0 Å². The van der Waals surface area contributed by atoms with Crippen molar-refractivity contribution in [2.45, 2.75) is 31.7 Å². The SMILES string of the molecule is COCCOCCOCCN1CCCCC1CCBr. The molecule has 1 fully saturated rings. The minimum absolute atomic E-state index is 0.652. The molecular weight excluding hydrogens is 310 g/mol. The average Bonchev–Trinajstić information content (AvgIpc) is 2.44. The predicted molar refractivity (Wildman–Crippen MR) is 81.1 cm³/mol. The minimum Gasteiger partial charge on any atom is -0.382 e. The van der Waals surface area contributed by atoms with E-state index < -0.39 is 0 Å². The van der Waals surface area contributed by atoms with E-state index in [9.17, 15) is 0 Å². The number of hydrogen-bond acceptors (Lipinski definition) is 4. The van der Waals surface area contributed by atoms with Crippen molar-refractivity contribution in [3.8, 4) is 0 Å². The van der Waals surface area contributed by atoms with Gasteiger partial charge in [0.1, 0.15) is 0 Å². The van der Waals surface area contributed by atoms with Gasteiger partial charge in [-0.2, -0.15) is 0 Å². The molecule has 0 spiro atoms. The number of ether oxygens (including phenoxy) is 3. The normalized spacial score (nSPS) is 20.8. The average molecular weight is 338 g/mol. The molecule has 1 rings (SSSR count). The Bertz CT molecular complexity index is 205. The Morgan fingerprint density at radius 1 is 1.05 bits per heavy atom. The van der Waals surface area contributed by atoms with Gasteiger partial charge < -0.3 is 14.2 Å². The zero-order chi connectivity index (χ0) is 13.8. The molecule has 0 aromatic rings. The maximum Gasteiger partial charge on any atom is 0.0701 e. The highest BCUT2D eigenvalue weighted by Gasteiger charge is 2.20. The summed E-state index contributed by atoms with van der Waals surface area (Å²) in [5.74, 6) is 0. The van der Waals surface area contributed by atoms with Gasteiger partial charge in [0.15, 0.2) is 0 Å². The van der Waals surface area contributed by atoms with E-state index in [1.807, 2.05) is 0 Å². The fraction of sp³-hybridized carbons (Fsp3) is 1.00. The van der Waals surface area contributed by atoms with Crippen LogP contribution >= 0.6 is 15.9 Å². The van der Waals surface area contributed by atoms with Gasteiger partial charge >= 0.3 is 0 Å². The molecule has 0 amide bonds. The van der Waals surface area contributed by atoms with Crippen molar-refractivity contribution in [1.29, 1.82) is 0 Å². The van der Waals surface area contributed by atoms with Gasteiger partial charge in [-0.3, -0.25) is 4.90 Å². The molecule has 0 bridgehead atoms. The van der Waals surface area contributed by atoms with Gasteiger partial charge in [-0.1, -0.05) is 22.4 Å². The summed E-state index contributed by atoms with van der Waals surface area (Å²) in [4.78, 5) is 2.58. The fourth-order valence-corrected chi connectivity index (χ4v) is 2.98. The van der Waals surface area contributed by atoms with Crippen molar-refractivity contribution in [3.63, 3.8) is 0 Å². The van der Waals surface area contributed by atoms with Gasteiger partial charge in [-0.15, -0.1) is 0 Å². The fourth-order valence-electron chi connectivity index (χ4n) is 2.45. The summed E-state index contributed by atoms with van der Waals surface area (Å²) in [5.41, 5.74) is 0. The van der Waals surface area contributed by atoms with Crippen molar-refractivity contribution < 1.29 is 14.2 Å². The van der Waals surface area contributed by atoms with E-state index in [4.69, 9.17) is 14.2 Å². The quantitative estimate of drug-likeness (QED) is 0.427. The topological polar surface area (TPSA) is 30.9 Å². The summed E-state index contributed by atoms with van der Waals surface area (Å²) < 4.78 is 15.9. The van der Waals surface area contributed by atoms with Crippen LogP contribution in [-0.4, -0.2) is 69.5 Å². The van der Waals surface area contributed by atoms with Crippen molar-refractivity contribution in [2.24, 2.45) is 0 Å². The number of rotatable bonds is 11. The Morgan fingerprint density at radius 3 is 2.53 bits per heavy atom. The Balaban J connectivity index is 1.97. The summed E-state index contributed by atoms with van der Waals surface area (Å²) >= 11 is 3.55. The van der Waals surface area contributed by atoms with Crippen LogP contribution in [0.4, 0.5) is 0 Å². The predicted octanol–water partition coefficient (Wildman–Crippen LogP) is 2.31. The highest BCUT2D eigenvalue weighted by Crippen LogP contribution is 2.19. The molecule has 0 aromatic carbocycles. The van der Waals surface area contributed by atoms with Gasteiger partial charge in [0.2, 0.25) is 0 Å². The van der Waals surface area contributed by atoms with E-state index in [0.29, 0.717) is 26.4 Å². The number of halogens is 1. The van der Waals surface area contributed by atoms with E-state index in [1.54, 1.807) is 7.11 Å². The molecule has 0 saturated carbocycles. The Labute approximate surface area is 125 Å². The van der Waals surface area contributed by atoms with Gasteiger partial charge in [0, 0.05) is 25.0 Å². The van der Waals surface area contributed by atoms with Crippen molar-refractivity contribution >= 4 is 15.9 Å². The third-order valence-corrected chi connectivity index (χ3v) is 3.98. The Hall–Kier alpha value is 0.320. The first-order valence-electron chi connectivity index (χ1n) is 7.33. The first kappa shape index (κ1) is 17.4. The van der Waals surface area contributed by atoms with Crippen LogP contribution in [0.3, 0.4) is 0 Å². The third-order valence-electron chi connectivity index (χ3n) is 3.52. The zero-order valence-corrected chi connectivity index (χ0v) is 13.7. The lowest BCUT2D eigenvalue weighted by Gasteiger charge is -2.35. The second-order valence-electron chi connectivity index (χ2n) is 4.88. The van der Waals surface area contributed by atoms with Crippen LogP contribution in [0.1, 0.15) is 25.7 Å². The first-order chi connectivity index (χ1) is 9.38. The smallest absolute Gasteiger partial charge is 0.0701 e. The van der Waals surface area contributed by atoms with E-state index in [1.165, 1.54) is 32.2 Å². The standard InChI is InChI=1S/C14H28BrNO3/c1-17-10-11-19-13-12-18-9-8-16-7-3-2-4-14(16)5-6-15/h14H,2-13H2,1H3. The second kappa shape index (κ2) is 12.1. The monoisotopic (exact) mass is 337 g/mol. The van der Waals surface area contributed by atoms with Crippen LogP contribution in [0.5, 0.6) is 0 Å². The van der Waals surface area contributed by atoms with E-state index in [-0.39, 0.29) is 0 Å². The van der Waals surface area contributed by atoms with Gasteiger partial charge in [-0.25, -0.2) is 0 Å². The highest BCUT2D eigenvalue weighted by atomic mass is 79.9. The molecule has 114 valence electrons. The molecule has 19 heavy (non-hydrogen) atoms. The lowest BCUT2D eigenvalue weighted by Crippen LogP contribution is -2.41. The maximum absolute atomic E-state index is 5.62. The number of methoxy groups -OCH3 is 1. The molecule has 5 heteroatoms. The van der Waals surface area contributed by atoms with Crippen LogP contribution in [0.25, 0.3) is 0 Å². The van der Waals surface area contributed by atoms with Crippen LogP contribution in [-0.2, 0) is 14.2 Å². The first-order valence-corrected chi connectivity index (χ1v) is 8.45. The molecule has 0 radical (unpaired) electrons. The highest BCUT2D eigenvalue weighted by molar-refractivity contribution is 9.09. The van der Waals surface area contributed by atoms with Gasteiger partial charge in [0.05, 0.1) is 33.0 Å². The third kappa shape index (κ3) is 8.25. The molecule has 1 unspecified atom stereocenters. The minimum atomic E-state index is 0.652. The van der Waals surface area contributed by atoms with Gasteiger partial charge in [-0.05, 0) is 25.8 Å². The zero-order valence-electron chi connectivity index (χ0n) is 12.1. The summed E-state index contributed by atoms with van der Waals surface area (Å²) in [6.45, 7) is 5.74. The largest absolute Gasteiger partial charge is 0.382 e.